The molecule has 28 heavy (non-hydrogen) atoms. The fraction of sp³-hybridized carbons (Fsp3) is 0.333. The molecule has 4 rings (SSSR count). The van der Waals surface area contributed by atoms with E-state index in [9.17, 15) is 8.42 Å². The van der Waals surface area contributed by atoms with Crippen molar-refractivity contribution in [3.63, 3.8) is 0 Å². The number of nitrogens with zero attached hydrogens (tertiary/aromatic N) is 3. The van der Waals surface area contributed by atoms with Crippen molar-refractivity contribution in [3.05, 3.63) is 53.6 Å². The normalized spacial score (nSPS) is 15.0. The zero-order chi connectivity index (χ0) is 19.7. The number of fused-ring (bicyclic) bond motifs is 1. The number of sulfonamides is 1. The Morgan fingerprint density at radius 2 is 1.54 bits per heavy atom. The molecule has 1 fully saturated rings. The van der Waals surface area contributed by atoms with E-state index in [2.05, 4.69) is 14.6 Å². The molecule has 0 saturated carbocycles. The lowest BCUT2D eigenvalue weighted by molar-refractivity contribution is 0.574. The maximum absolute atomic E-state index is 12.9. The lowest BCUT2D eigenvalue weighted by Gasteiger charge is -2.29. The first kappa shape index (κ1) is 18.7. The van der Waals surface area contributed by atoms with Gasteiger partial charge in [0.2, 0.25) is 0 Å². The van der Waals surface area contributed by atoms with Gasteiger partial charge in [0.15, 0.2) is 11.6 Å². The van der Waals surface area contributed by atoms with Gasteiger partial charge in [0.05, 0.1) is 15.9 Å². The Labute approximate surface area is 165 Å². The molecule has 1 aliphatic heterocycles. The molecule has 6 nitrogen and oxygen atoms in total. The molecule has 2 heterocycles. The number of hydrogen-bond acceptors (Lipinski definition) is 5. The third-order valence-electron chi connectivity index (χ3n) is 5.02. The molecule has 0 bridgehead atoms. The zero-order valence-electron chi connectivity index (χ0n) is 16.1. The second kappa shape index (κ2) is 7.39. The third-order valence-corrected chi connectivity index (χ3v) is 6.37. The summed E-state index contributed by atoms with van der Waals surface area (Å²) >= 11 is 0. The quantitative estimate of drug-likeness (QED) is 0.720. The first-order valence-electron chi connectivity index (χ1n) is 9.55. The fourth-order valence-electron chi connectivity index (χ4n) is 3.45. The van der Waals surface area contributed by atoms with Gasteiger partial charge in [-0.1, -0.05) is 23.8 Å². The summed E-state index contributed by atoms with van der Waals surface area (Å²) in [5, 5.41) is 0. The van der Waals surface area contributed by atoms with Crippen LogP contribution >= 0.6 is 0 Å². The molecule has 2 aromatic carbocycles. The van der Waals surface area contributed by atoms with Crippen LogP contribution in [0.3, 0.4) is 0 Å². The smallest absolute Gasteiger partial charge is 0.263 e. The van der Waals surface area contributed by atoms with Crippen LogP contribution < -0.4 is 9.62 Å². The molecular weight excluding hydrogens is 372 g/mol. The van der Waals surface area contributed by atoms with Crippen molar-refractivity contribution >= 4 is 32.7 Å². The summed E-state index contributed by atoms with van der Waals surface area (Å²) in [6, 6.07) is 12.6. The van der Waals surface area contributed by atoms with Gasteiger partial charge in [-0.3, -0.25) is 4.72 Å². The van der Waals surface area contributed by atoms with Gasteiger partial charge >= 0.3 is 0 Å². The Morgan fingerprint density at radius 3 is 2.25 bits per heavy atom. The Morgan fingerprint density at radius 1 is 0.857 bits per heavy atom. The molecule has 3 aromatic rings. The fourth-order valence-corrected chi connectivity index (χ4v) is 4.46. The molecule has 1 saturated heterocycles. The lowest BCUT2D eigenvalue weighted by atomic mass is 10.1. The van der Waals surface area contributed by atoms with Crippen molar-refractivity contribution in [1.82, 2.24) is 9.97 Å². The van der Waals surface area contributed by atoms with Crippen molar-refractivity contribution < 1.29 is 8.42 Å². The van der Waals surface area contributed by atoms with Gasteiger partial charge < -0.3 is 4.90 Å². The van der Waals surface area contributed by atoms with Crippen molar-refractivity contribution in [1.29, 1.82) is 0 Å². The van der Waals surface area contributed by atoms with E-state index < -0.39 is 10.0 Å². The van der Waals surface area contributed by atoms with Gasteiger partial charge in [-0.05, 0) is 62.9 Å². The monoisotopic (exact) mass is 396 g/mol. The minimum absolute atomic E-state index is 0.216. The third kappa shape index (κ3) is 3.80. The van der Waals surface area contributed by atoms with Crippen molar-refractivity contribution in [3.8, 4) is 0 Å². The molecule has 0 spiro atoms. The Bertz CT molecular complexity index is 1110. The average Bonchev–Trinajstić information content (AvgIpc) is 2.68. The molecule has 7 heteroatoms. The maximum atomic E-state index is 12.9. The van der Waals surface area contributed by atoms with Gasteiger partial charge in [-0.2, -0.15) is 0 Å². The summed E-state index contributed by atoms with van der Waals surface area (Å²) in [6.45, 7) is 5.64. The van der Waals surface area contributed by atoms with Gasteiger partial charge in [0.1, 0.15) is 0 Å². The molecule has 146 valence electrons. The average molecular weight is 397 g/mol. The van der Waals surface area contributed by atoms with Crippen LogP contribution in [0.25, 0.3) is 11.0 Å². The summed E-state index contributed by atoms with van der Waals surface area (Å²) in [5.41, 5.74) is 3.56. The molecule has 1 aliphatic rings. The van der Waals surface area contributed by atoms with E-state index in [0.717, 1.165) is 42.6 Å². The number of aryl methyl sites for hydroxylation is 2. The molecule has 0 unspecified atom stereocenters. The molecule has 0 radical (unpaired) electrons. The van der Waals surface area contributed by atoms with Crippen LogP contribution in [0, 0.1) is 13.8 Å². The van der Waals surface area contributed by atoms with Crippen LogP contribution in [0.5, 0.6) is 0 Å². The second-order valence-corrected chi connectivity index (χ2v) is 9.04. The highest BCUT2D eigenvalue weighted by Crippen LogP contribution is 2.29. The summed E-state index contributed by atoms with van der Waals surface area (Å²) in [5.74, 6) is 0.896. The van der Waals surface area contributed by atoms with E-state index in [1.807, 2.05) is 32.0 Å². The molecular formula is C21H24N4O2S. The maximum Gasteiger partial charge on any atom is 0.263 e. The van der Waals surface area contributed by atoms with E-state index in [1.165, 1.54) is 6.42 Å². The van der Waals surface area contributed by atoms with Crippen molar-refractivity contribution in [2.24, 2.45) is 0 Å². The predicted molar refractivity (Wildman–Crippen MR) is 112 cm³/mol. The first-order chi connectivity index (χ1) is 13.4. The summed E-state index contributed by atoms with van der Waals surface area (Å²) in [7, 11) is -3.75. The Kier molecular flexibility index (Phi) is 4.93. The summed E-state index contributed by atoms with van der Waals surface area (Å²) in [6.07, 6.45) is 3.32. The van der Waals surface area contributed by atoms with Crippen LogP contribution in [-0.4, -0.2) is 31.5 Å². The number of nitrogens with one attached hydrogen (secondary N) is 1. The SMILES string of the molecule is Cc1ccc(S(=O)(=O)Nc2nc3ccc(C)cc3nc2N2CCCCC2)cc1. The number of rotatable bonds is 4. The van der Waals surface area contributed by atoms with E-state index in [4.69, 9.17) is 4.98 Å². The molecule has 0 aliphatic carbocycles. The van der Waals surface area contributed by atoms with Crippen LogP contribution in [0.2, 0.25) is 0 Å². The second-order valence-electron chi connectivity index (χ2n) is 7.35. The lowest BCUT2D eigenvalue weighted by Crippen LogP contribution is -2.31. The standard InChI is InChI=1S/C21H24N4O2S/c1-15-6-9-17(10-7-15)28(26,27)24-20-21(25-12-4-3-5-13-25)23-19-14-16(2)8-11-18(19)22-20/h6-11,14H,3-5,12-13H2,1-2H3,(H,22,24). The highest BCUT2D eigenvalue weighted by atomic mass is 32.2. The molecule has 0 atom stereocenters. The number of hydrogen-bond donors (Lipinski definition) is 1. The van der Waals surface area contributed by atoms with E-state index in [-0.39, 0.29) is 4.90 Å². The summed E-state index contributed by atoms with van der Waals surface area (Å²) < 4.78 is 28.6. The van der Waals surface area contributed by atoms with E-state index in [0.29, 0.717) is 17.2 Å². The van der Waals surface area contributed by atoms with Crippen LogP contribution in [0.1, 0.15) is 30.4 Å². The number of piperidine rings is 1. The number of benzene rings is 2. The zero-order valence-corrected chi connectivity index (χ0v) is 17.0. The van der Waals surface area contributed by atoms with E-state index >= 15 is 0 Å². The van der Waals surface area contributed by atoms with Crippen molar-refractivity contribution in [2.45, 2.75) is 38.0 Å². The van der Waals surface area contributed by atoms with E-state index in [1.54, 1.807) is 24.3 Å². The predicted octanol–water partition coefficient (Wildman–Crippen LogP) is 4.04. The topological polar surface area (TPSA) is 75.2 Å². The first-order valence-corrected chi connectivity index (χ1v) is 11.0. The van der Waals surface area contributed by atoms with Crippen LogP contribution in [0.4, 0.5) is 11.6 Å². The van der Waals surface area contributed by atoms with Gasteiger partial charge in [-0.15, -0.1) is 0 Å². The molecule has 1 N–H and O–H groups in total. The highest BCUT2D eigenvalue weighted by Gasteiger charge is 2.23. The molecule has 1 aromatic heterocycles. The van der Waals surface area contributed by atoms with Gasteiger partial charge in [0, 0.05) is 13.1 Å². The molecule has 0 amide bonds. The van der Waals surface area contributed by atoms with Gasteiger partial charge in [0.25, 0.3) is 10.0 Å². The number of anilines is 2. The Balaban J connectivity index is 1.79. The van der Waals surface area contributed by atoms with Crippen LogP contribution in [0.15, 0.2) is 47.4 Å². The minimum atomic E-state index is -3.75. The minimum Gasteiger partial charge on any atom is -0.354 e. The van der Waals surface area contributed by atoms with Crippen molar-refractivity contribution in [2.75, 3.05) is 22.7 Å². The number of aromatic nitrogens is 2. The summed E-state index contributed by atoms with van der Waals surface area (Å²) in [4.78, 5) is 11.8. The largest absolute Gasteiger partial charge is 0.354 e. The van der Waals surface area contributed by atoms with Gasteiger partial charge in [-0.25, -0.2) is 18.4 Å². The Hall–Kier alpha value is -2.67. The highest BCUT2D eigenvalue weighted by molar-refractivity contribution is 7.92. The van der Waals surface area contributed by atoms with Crippen LogP contribution in [-0.2, 0) is 10.0 Å².